The number of aliphatic hydroxyl groups is 1. The van der Waals surface area contributed by atoms with Gasteiger partial charge in [-0.2, -0.15) is 5.10 Å². The number of pyridine rings is 1. The van der Waals surface area contributed by atoms with Gasteiger partial charge < -0.3 is 10.4 Å². The summed E-state index contributed by atoms with van der Waals surface area (Å²) in [6.07, 6.45) is 5.05. The average molecular weight is 302 g/mol. The Hall–Kier alpha value is -2.21. The van der Waals surface area contributed by atoms with Crippen molar-refractivity contribution in [2.45, 2.75) is 26.7 Å². The Morgan fingerprint density at radius 1 is 1.32 bits per heavy atom. The average Bonchev–Trinajstić information content (AvgIpc) is 3.11. The van der Waals surface area contributed by atoms with Crippen LogP contribution >= 0.6 is 0 Å². The fraction of sp³-hybridized carbons (Fsp3) is 0.438. The molecule has 22 heavy (non-hydrogen) atoms. The summed E-state index contributed by atoms with van der Waals surface area (Å²) in [4.78, 5) is 16.6. The molecule has 0 atom stereocenters. The predicted octanol–water partition coefficient (Wildman–Crippen LogP) is 1.80. The number of carbonyl (C=O) groups excluding carboxylic acids is 1. The van der Waals surface area contributed by atoms with Gasteiger partial charge in [-0.3, -0.25) is 4.79 Å². The van der Waals surface area contributed by atoms with Crippen LogP contribution in [-0.4, -0.2) is 38.9 Å². The third-order valence-electron chi connectivity index (χ3n) is 4.17. The quantitative estimate of drug-likeness (QED) is 0.817. The summed E-state index contributed by atoms with van der Waals surface area (Å²) >= 11 is 0. The van der Waals surface area contributed by atoms with Crippen LogP contribution in [0.4, 0.5) is 0 Å². The summed E-state index contributed by atoms with van der Waals surface area (Å²) in [6.45, 7) is 4.52. The maximum atomic E-state index is 12.3. The maximum absolute atomic E-state index is 12.3. The number of carbonyl (C=O) groups is 1. The van der Waals surface area contributed by atoms with Crippen LogP contribution in [0.5, 0.6) is 0 Å². The van der Waals surface area contributed by atoms with Gasteiger partial charge in [0.05, 0.1) is 6.61 Å². The molecule has 2 N–H and O–H groups in total. The molecule has 0 aromatic carbocycles. The molecule has 0 saturated heterocycles. The molecule has 0 aliphatic carbocycles. The van der Waals surface area contributed by atoms with Crippen molar-refractivity contribution in [3.63, 3.8) is 0 Å². The molecule has 0 aliphatic rings. The highest BCUT2D eigenvalue weighted by Gasteiger charge is 2.26. The van der Waals surface area contributed by atoms with E-state index in [9.17, 15) is 9.90 Å². The summed E-state index contributed by atoms with van der Waals surface area (Å²) < 4.78 is 1.60. The highest BCUT2D eigenvalue weighted by Crippen LogP contribution is 2.24. The molecule has 2 aromatic rings. The third kappa shape index (κ3) is 3.51. The van der Waals surface area contributed by atoms with E-state index in [1.807, 2.05) is 13.8 Å². The number of rotatable bonds is 7. The topological polar surface area (TPSA) is 80.0 Å². The Morgan fingerprint density at radius 2 is 2.09 bits per heavy atom. The summed E-state index contributed by atoms with van der Waals surface area (Å²) in [7, 11) is 0. The van der Waals surface area contributed by atoms with Crippen LogP contribution < -0.4 is 5.32 Å². The van der Waals surface area contributed by atoms with E-state index in [0.717, 1.165) is 12.8 Å². The van der Waals surface area contributed by atoms with Crippen LogP contribution in [0.3, 0.4) is 0 Å². The molecule has 0 aliphatic heterocycles. The van der Waals surface area contributed by atoms with E-state index in [1.165, 1.54) is 0 Å². The molecular formula is C16H22N4O2. The normalized spacial score (nSPS) is 11.4. The number of nitrogens with one attached hydrogen (secondary N) is 1. The minimum absolute atomic E-state index is 0.0566. The molecule has 0 saturated carbocycles. The SMILES string of the molecule is CCC(CC)(CO)CNC(=O)c1cccc(-n2cccn2)n1. The van der Waals surface area contributed by atoms with E-state index >= 15 is 0 Å². The summed E-state index contributed by atoms with van der Waals surface area (Å²) in [6, 6.07) is 7.03. The second-order valence-electron chi connectivity index (χ2n) is 5.38. The van der Waals surface area contributed by atoms with Gasteiger partial charge in [-0.1, -0.05) is 19.9 Å². The molecule has 6 heteroatoms. The van der Waals surface area contributed by atoms with E-state index in [0.29, 0.717) is 18.1 Å². The maximum Gasteiger partial charge on any atom is 0.269 e. The molecule has 0 fully saturated rings. The number of hydrogen-bond acceptors (Lipinski definition) is 4. The second-order valence-corrected chi connectivity index (χ2v) is 5.38. The minimum Gasteiger partial charge on any atom is -0.396 e. The molecular weight excluding hydrogens is 280 g/mol. The summed E-state index contributed by atoms with van der Waals surface area (Å²) in [5.74, 6) is 0.353. The Balaban J connectivity index is 2.09. The van der Waals surface area contributed by atoms with Crippen molar-refractivity contribution in [3.8, 4) is 5.82 Å². The van der Waals surface area contributed by atoms with E-state index in [4.69, 9.17) is 0 Å². The first-order valence-electron chi connectivity index (χ1n) is 7.50. The Morgan fingerprint density at radius 3 is 2.68 bits per heavy atom. The van der Waals surface area contributed by atoms with Gasteiger partial charge in [0.2, 0.25) is 0 Å². The zero-order valence-corrected chi connectivity index (χ0v) is 13.0. The van der Waals surface area contributed by atoms with Gasteiger partial charge >= 0.3 is 0 Å². The molecule has 0 spiro atoms. The summed E-state index contributed by atoms with van der Waals surface area (Å²) in [5, 5.41) is 16.5. The molecule has 2 rings (SSSR count). The lowest BCUT2D eigenvalue weighted by Crippen LogP contribution is -2.39. The minimum atomic E-state index is -0.269. The zero-order valence-electron chi connectivity index (χ0n) is 13.0. The smallest absolute Gasteiger partial charge is 0.269 e. The zero-order chi connectivity index (χ0) is 16.0. The number of nitrogens with zero attached hydrogens (tertiary/aromatic N) is 3. The molecule has 2 aromatic heterocycles. The molecule has 118 valence electrons. The van der Waals surface area contributed by atoms with Gasteiger partial charge in [0.15, 0.2) is 5.82 Å². The van der Waals surface area contributed by atoms with Gasteiger partial charge in [-0.05, 0) is 31.0 Å². The fourth-order valence-corrected chi connectivity index (χ4v) is 2.22. The van der Waals surface area contributed by atoms with E-state index in [-0.39, 0.29) is 17.9 Å². The monoisotopic (exact) mass is 302 g/mol. The number of hydrogen-bond donors (Lipinski definition) is 2. The fourth-order valence-electron chi connectivity index (χ4n) is 2.22. The third-order valence-corrected chi connectivity index (χ3v) is 4.17. The van der Waals surface area contributed by atoms with Crippen molar-refractivity contribution in [1.82, 2.24) is 20.1 Å². The highest BCUT2D eigenvalue weighted by atomic mass is 16.3. The predicted molar refractivity (Wildman–Crippen MR) is 83.8 cm³/mol. The lowest BCUT2D eigenvalue weighted by molar-refractivity contribution is 0.0846. The van der Waals surface area contributed by atoms with Crippen molar-refractivity contribution in [2.75, 3.05) is 13.2 Å². The second kappa shape index (κ2) is 7.17. The molecule has 6 nitrogen and oxygen atoms in total. The van der Waals surface area contributed by atoms with Crippen LogP contribution in [-0.2, 0) is 0 Å². The first-order chi connectivity index (χ1) is 10.6. The van der Waals surface area contributed by atoms with Crippen LogP contribution in [0.25, 0.3) is 5.82 Å². The van der Waals surface area contributed by atoms with Gasteiger partial charge in [0.1, 0.15) is 5.69 Å². The van der Waals surface area contributed by atoms with Crippen LogP contribution in [0.15, 0.2) is 36.7 Å². The first-order valence-corrected chi connectivity index (χ1v) is 7.50. The Bertz CT molecular complexity index is 598. The highest BCUT2D eigenvalue weighted by molar-refractivity contribution is 5.92. The van der Waals surface area contributed by atoms with Crippen molar-refractivity contribution in [3.05, 3.63) is 42.4 Å². The van der Waals surface area contributed by atoms with Gasteiger partial charge in [0, 0.05) is 24.4 Å². The van der Waals surface area contributed by atoms with Crippen LogP contribution in [0.2, 0.25) is 0 Å². The van der Waals surface area contributed by atoms with E-state index in [1.54, 1.807) is 41.3 Å². The van der Waals surface area contributed by atoms with Gasteiger partial charge in [0.25, 0.3) is 5.91 Å². The van der Waals surface area contributed by atoms with Crippen molar-refractivity contribution < 1.29 is 9.90 Å². The van der Waals surface area contributed by atoms with Crippen molar-refractivity contribution >= 4 is 5.91 Å². The largest absolute Gasteiger partial charge is 0.396 e. The Kier molecular flexibility index (Phi) is 5.27. The molecule has 1 amide bonds. The van der Waals surface area contributed by atoms with E-state index < -0.39 is 0 Å². The van der Waals surface area contributed by atoms with Crippen molar-refractivity contribution in [1.29, 1.82) is 0 Å². The lowest BCUT2D eigenvalue weighted by Gasteiger charge is -2.29. The standard InChI is InChI=1S/C16H22N4O2/c1-3-16(4-2,12-21)11-17-15(22)13-7-5-8-14(19-13)20-10-6-9-18-20/h5-10,21H,3-4,11-12H2,1-2H3,(H,17,22). The molecule has 0 unspecified atom stereocenters. The number of amides is 1. The van der Waals surface area contributed by atoms with Crippen LogP contribution in [0.1, 0.15) is 37.2 Å². The lowest BCUT2D eigenvalue weighted by atomic mass is 9.83. The Labute approximate surface area is 130 Å². The van der Waals surface area contributed by atoms with E-state index in [2.05, 4.69) is 15.4 Å². The number of aliphatic hydroxyl groups excluding tert-OH is 1. The van der Waals surface area contributed by atoms with Gasteiger partial charge in [-0.15, -0.1) is 0 Å². The molecule has 0 bridgehead atoms. The van der Waals surface area contributed by atoms with Crippen LogP contribution in [0, 0.1) is 5.41 Å². The molecule has 0 radical (unpaired) electrons. The molecule has 2 heterocycles. The van der Waals surface area contributed by atoms with Gasteiger partial charge in [-0.25, -0.2) is 9.67 Å². The first kappa shape index (κ1) is 16.2. The number of aromatic nitrogens is 3. The van der Waals surface area contributed by atoms with Crippen molar-refractivity contribution in [2.24, 2.45) is 5.41 Å². The summed E-state index contributed by atoms with van der Waals surface area (Å²) in [5.41, 5.74) is 0.0713.